The van der Waals surface area contributed by atoms with E-state index in [4.69, 9.17) is 0 Å². The van der Waals surface area contributed by atoms with Crippen LogP contribution in [0.15, 0.2) is 59.4 Å². The van der Waals surface area contributed by atoms with E-state index in [1.54, 1.807) is 11.3 Å². The highest BCUT2D eigenvalue weighted by Gasteiger charge is 2.24. The van der Waals surface area contributed by atoms with E-state index in [0.717, 1.165) is 30.7 Å². The molecule has 3 nitrogen and oxygen atoms in total. The van der Waals surface area contributed by atoms with E-state index in [-0.39, 0.29) is 0 Å². The van der Waals surface area contributed by atoms with Crippen molar-refractivity contribution in [2.45, 2.75) is 19.4 Å². The van der Waals surface area contributed by atoms with Gasteiger partial charge in [0.05, 0.1) is 15.7 Å². The molecule has 1 aromatic carbocycles. The number of aromatic nitrogens is 1. The van der Waals surface area contributed by atoms with Crippen LogP contribution in [0.1, 0.15) is 24.9 Å². The molecule has 2 aliphatic rings. The van der Waals surface area contributed by atoms with Gasteiger partial charge in [-0.05, 0) is 36.3 Å². The van der Waals surface area contributed by atoms with Gasteiger partial charge in [0.1, 0.15) is 0 Å². The smallest absolute Gasteiger partial charge is 0.0815 e. The average Bonchev–Trinajstić information content (AvgIpc) is 3.01. The predicted octanol–water partition coefficient (Wildman–Crippen LogP) is 3.99. The van der Waals surface area contributed by atoms with Gasteiger partial charge in [0, 0.05) is 36.9 Å². The van der Waals surface area contributed by atoms with Gasteiger partial charge in [-0.3, -0.25) is 4.90 Å². The van der Waals surface area contributed by atoms with Crippen molar-refractivity contribution in [3.8, 4) is 0 Å². The van der Waals surface area contributed by atoms with Gasteiger partial charge in [-0.2, -0.15) is 0 Å². The van der Waals surface area contributed by atoms with E-state index in [1.165, 1.54) is 21.5 Å². The van der Waals surface area contributed by atoms with Crippen molar-refractivity contribution < 1.29 is 0 Å². The third kappa shape index (κ3) is 2.38. The lowest BCUT2D eigenvalue weighted by Crippen LogP contribution is -2.37. The first-order valence-electron chi connectivity index (χ1n) is 7.64. The Kier molecular flexibility index (Phi) is 3.36. The first-order valence-corrected chi connectivity index (χ1v) is 8.52. The van der Waals surface area contributed by atoms with Crippen molar-refractivity contribution in [2.24, 2.45) is 0 Å². The fourth-order valence-corrected chi connectivity index (χ4v) is 3.88. The average molecular weight is 309 g/mol. The Morgan fingerprint density at radius 1 is 1.36 bits per heavy atom. The summed E-state index contributed by atoms with van der Waals surface area (Å²) in [7, 11) is 0. The van der Waals surface area contributed by atoms with Crippen LogP contribution in [-0.4, -0.2) is 23.0 Å². The Labute approximate surface area is 134 Å². The van der Waals surface area contributed by atoms with Crippen molar-refractivity contribution in [1.29, 1.82) is 0 Å². The number of nitrogens with one attached hydrogen (secondary N) is 1. The van der Waals surface area contributed by atoms with E-state index in [1.807, 2.05) is 5.51 Å². The van der Waals surface area contributed by atoms with Crippen LogP contribution in [-0.2, 0) is 0 Å². The first-order chi connectivity index (χ1) is 10.7. The minimum absolute atomic E-state index is 0.402. The molecule has 22 heavy (non-hydrogen) atoms. The van der Waals surface area contributed by atoms with Crippen LogP contribution in [0, 0.1) is 0 Å². The molecule has 112 valence electrons. The van der Waals surface area contributed by atoms with Gasteiger partial charge >= 0.3 is 0 Å². The van der Waals surface area contributed by atoms with Crippen LogP contribution in [0.2, 0.25) is 0 Å². The minimum atomic E-state index is 0.402. The monoisotopic (exact) mass is 309 g/mol. The molecule has 0 fully saturated rings. The Hall–Kier alpha value is -1.91. The summed E-state index contributed by atoms with van der Waals surface area (Å²) in [6, 6.07) is 7.07. The summed E-state index contributed by atoms with van der Waals surface area (Å²) in [6.07, 6.45) is 5.33. The number of benzene rings is 1. The van der Waals surface area contributed by atoms with Crippen LogP contribution in [0.25, 0.3) is 10.2 Å². The molecule has 2 aromatic rings. The predicted molar refractivity (Wildman–Crippen MR) is 92.7 cm³/mol. The number of rotatable bonds is 2. The van der Waals surface area contributed by atoms with E-state index < -0.39 is 0 Å². The maximum atomic E-state index is 4.44. The zero-order valence-electron chi connectivity index (χ0n) is 12.7. The van der Waals surface area contributed by atoms with Gasteiger partial charge in [0.25, 0.3) is 0 Å². The Bertz CT molecular complexity index is 800. The number of thiazole rings is 1. The number of hydrogen-bond donors (Lipinski definition) is 1. The van der Waals surface area contributed by atoms with Crippen molar-refractivity contribution in [1.82, 2.24) is 15.2 Å². The van der Waals surface area contributed by atoms with Gasteiger partial charge in [-0.25, -0.2) is 4.98 Å². The van der Waals surface area contributed by atoms with Crippen molar-refractivity contribution in [3.05, 3.63) is 65.0 Å². The van der Waals surface area contributed by atoms with Crippen LogP contribution < -0.4 is 5.32 Å². The van der Waals surface area contributed by atoms with E-state index >= 15 is 0 Å². The highest BCUT2D eigenvalue weighted by molar-refractivity contribution is 7.16. The molecule has 2 aliphatic heterocycles. The molecular weight excluding hydrogens is 290 g/mol. The Balaban J connectivity index is 1.57. The first kappa shape index (κ1) is 13.7. The molecular formula is C18H19N3S. The maximum Gasteiger partial charge on any atom is 0.0815 e. The summed E-state index contributed by atoms with van der Waals surface area (Å²) in [5.41, 5.74) is 8.10. The van der Waals surface area contributed by atoms with Gasteiger partial charge in [0.2, 0.25) is 0 Å². The van der Waals surface area contributed by atoms with Crippen molar-refractivity contribution >= 4 is 21.6 Å². The topological polar surface area (TPSA) is 28.2 Å². The number of fused-ring (bicyclic) bond motifs is 1. The quantitative estimate of drug-likeness (QED) is 0.909. The van der Waals surface area contributed by atoms with Gasteiger partial charge in [-0.15, -0.1) is 11.3 Å². The summed E-state index contributed by atoms with van der Waals surface area (Å²) in [4.78, 5) is 6.97. The lowest BCUT2D eigenvalue weighted by Gasteiger charge is -2.36. The molecule has 0 aliphatic carbocycles. The fourth-order valence-electron chi connectivity index (χ4n) is 3.22. The maximum absolute atomic E-state index is 4.44. The molecule has 4 heteroatoms. The standard InChI is InChI=1S/C18H19N3S/c1-12-3-4-15-10-21(8-7-16(15)20-12)13(2)14-5-6-18-17(9-14)19-11-22-18/h3-6,9,11,13,20H,1,7-8,10H2,2H3. The van der Waals surface area contributed by atoms with Crippen LogP contribution in [0.5, 0.6) is 0 Å². The second-order valence-corrected chi connectivity index (χ2v) is 6.85. The molecule has 1 aromatic heterocycles. The molecule has 0 saturated carbocycles. The van der Waals surface area contributed by atoms with Gasteiger partial charge < -0.3 is 5.32 Å². The molecule has 0 radical (unpaired) electrons. The molecule has 1 unspecified atom stereocenters. The number of dihydropyridines is 1. The van der Waals surface area contributed by atoms with Crippen molar-refractivity contribution in [2.75, 3.05) is 13.1 Å². The molecule has 1 N–H and O–H groups in total. The number of hydrogen-bond acceptors (Lipinski definition) is 4. The fraction of sp³-hybridized carbons (Fsp3) is 0.278. The third-order valence-electron chi connectivity index (χ3n) is 4.59. The van der Waals surface area contributed by atoms with Gasteiger partial charge in [0.15, 0.2) is 0 Å². The second kappa shape index (κ2) is 5.38. The molecule has 4 rings (SSSR count). The largest absolute Gasteiger partial charge is 0.359 e. The second-order valence-electron chi connectivity index (χ2n) is 5.96. The molecule has 0 saturated heterocycles. The Morgan fingerprint density at radius 2 is 2.27 bits per heavy atom. The minimum Gasteiger partial charge on any atom is -0.359 e. The highest BCUT2D eigenvalue weighted by Crippen LogP contribution is 2.30. The van der Waals surface area contributed by atoms with Crippen molar-refractivity contribution in [3.63, 3.8) is 0 Å². The Morgan fingerprint density at radius 3 is 3.18 bits per heavy atom. The highest BCUT2D eigenvalue weighted by atomic mass is 32.1. The molecule has 0 bridgehead atoms. The summed E-state index contributed by atoms with van der Waals surface area (Å²) in [5, 5.41) is 3.40. The van der Waals surface area contributed by atoms with E-state index in [0.29, 0.717) is 6.04 Å². The molecule has 0 amide bonds. The zero-order chi connectivity index (χ0) is 15.1. The lowest BCUT2D eigenvalue weighted by molar-refractivity contribution is 0.220. The van der Waals surface area contributed by atoms with Gasteiger partial charge in [-0.1, -0.05) is 18.7 Å². The van der Waals surface area contributed by atoms with Crippen LogP contribution in [0.4, 0.5) is 0 Å². The SMILES string of the molecule is C=C1C=CC2=C(CCN(C(C)c3ccc4scnc4c3)C2)N1. The van der Waals surface area contributed by atoms with Crippen LogP contribution in [0.3, 0.4) is 0 Å². The number of nitrogens with zero attached hydrogens (tertiary/aromatic N) is 2. The third-order valence-corrected chi connectivity index (χ3v) is 5.40. The lowest BCUT2D eigenvalue weighted by atomic mass is 9.98. The summed E-state index contributed by atoms with van der Waals surface area (Å²) >= 11 is 1.70. The molecule has 3 heterocycles. The summed E-state index contributed by atoms with van der Waals surface area (Å²) < 4.78 is 1.26. The number of allylic oxidation sites excluding steroid dienone is 1. The zero-order valence-corrected chi connectivity index (χ0v) is 13.5. The van der Waals surface area contributed by atoms with E-state index in [9.17, 15) is 0 Å². The summed E-state index contributed by atoms with van der Waals surface area (Å²) in [6.45, 7) is 8.33. The molecule has 1 atom stereocenters. The van der Waals surface area contributed by atoms with Crippen LogP contribution >= 0.6 is 11.3 Å². The van der Waals surface area contributed by atoms with E-state index in [2.05, 4.69) is 59.1 Å². The summed E-state index contributed by atoms with van der Waals surface area (Å²) in [5.74, 6) is 0. The molecule has 0 spiro atoms. The normalized spacial score (nSPS) is 20.1.